The van der Waals surface area contributed by atoms with Crippen molar-refractivity contribution in [1.82, 2.24) is 4.90 Å². The normalized spacial score (nSPS) is 26.8. The average Bonchev–Trinajstić information content (AvgIpc) is 2.75. The minimum Gasteiger partial charge on any atom is -0.460 e. The highest BCUT2D eigenvalue weighted by Crippen LogP contribution is 2.38. The average molecular weight is 380 g/mol. The van der Waals surface area contributed by atoms with Gasteiger partial charge in [0, 0.05) is 6.04 Å². The van der Waals surface area contributed by atoms with E-state index in [2.05, 4.69) is 11.8 Å². The summed E-state index contributed by atoms with van der Waals surface area (Å²) in [5.41, 5.74) is 0.0214. The van der Waals surface area contributed by atoms with Crippen LogP contribution in [0.1, 0.15) is 43.7 Å². The molecule has 2 aromatic carbocycles. The molecule has 3 aliphatic heterocycles. The van der Waals surface area contributed by atoms with Crippen LogP contribution < -0.4 is 0 Å². The van der Waals surface area contributed by atoms with Gasteiger partial charge >= 0.3 is 5.97 Å². The maximum atomic E-state index is 13.0. The van der Waals surface area contributed by atoms with Gasteiger partial charge in [0.25, 0.3) is 0 Å². The standard InChI is InChI=1S/C24H29NO3/c1-2-21-23(18-13-15-25(21)16-14-18)28-22(26)17-24(27,19-9-5-3-6-10-19)20-11-7-4-8-12-20/h3-12,18,21,23,27H,2,13-17H2,1H3/t21-,23+/m1/s1. The molecule has 2 atom stereocenters. The number of hydrogen-bond acceptors (Lipinski definition) is 4. The molecule has 0 amide bonds. The molecule has 0 radical (unpaired) electrons. The summed E-state index contributed by atoms with van der Waals surface area (Å²) >= 11 is 0. The zero-order valence-electron chi connectivity index (χ0n) is 16.5. The lowest BCUT2D eigenvalue weighted by atomic mass is 9.79. The smallest absolute Gasteiger partial charge is 0.309 e. The van der Waals surface area contributed by atoms with Crippen LogP contribution in [-0.4, -0.2) is 41.2 Å². The third-order valence-corrected chi connectivity index (χ3v) is 6.48. The molecule has 28 heavy (non-hydrogen) atoms. The van der Waals surface area contributed by atoms with E-state index in [4.69, 9.17) is 4.74 Å². The highest BCUT2D eigenvalue weighted by Gasteiger charge is 2.44. The Labute approximate surface area is 167 Å². The summed E-state index contributed by atoms with van der Waals surface area (Å²) in [6.45, 7) is 4.38. The van der Waals surface area contributed by atoms with Crippen molar-refractivity contribution >= 4 is 5.97 Å². The maximum absolute atomic E-state index is 13.0. The number of carbonyl (C=O) groups is 1. The van der Waals surface area contributed by atoms with Crippen LogP contribution in [-0.2, 0) is 15.1 Å². The van der Waals surface area contributed by atoms with Gasteiger partial charge in [0.1, 0.15) is 11.7 Å². The van der Waals surface area contributed by atoms with E-state index in [1.807, 2.05) is 60.7 Å². The molecule has 2 bridgehead atoms. The minimum absolute atomic E-state index is 0.0594. The fourth-order valence-electron chi connectivity index (χ4n) is 4.97. The van der Waals surface area contributed by atoms with Crippen molar-refractivity contribution in [2.75, 3.05) is 13.1 Å². The second-order valence-corrected chi connectivity index (χ2v) is 8.07. The Hall–Kier alpha value is -2.17. The number of piperidine rings is 3. The Morgan fingerprint density at radius 3 is 2.07 bits per heavy atom. The van der Waals surface area contributed by atoms with Crippen LogP contribution in [0.2, 0.25) is 0 Å². The van der Waals surface area contributed by atoms with Gasteiger partial charge in [-0.1, -0.05) is 67.6 Å². The molecule has 0 saturated carbocycles. The number of aliphatic hydroxyl groups is 1. The van der Waals surface area contributed by atoms with E-state index in [1.54, 1.807) is 0 Å². The summed E-state index contributed by atoms with van der Waals surface area (Å²) in [5.74, 6) is 0.118. The molecule has 3 aliphatic rings. The first-order valence-corrected chi connectivity index (χ1v) is 10.4. The predicted octanol–water partition coefficient (Wildman–Crippen LogP) is 3.73. The summed E-state index contributed by atoms with van der Waals surface area (Å²) in [7, 11) is 0. The summed E-state index contributed by atoms with van der Waals surface area (Å²) < 4.78 is 6.03. The van der Waals surface area contributed by atoms with Gasteiger partial charge in [0.05, 0.1) is 6.42 Å². The quantitative estimate of drug-likeness (QED) is 0.777. The molecule has 5 rings (SSSR count). The van der Waals surface area contributed by atoms with E-state index in [-0.39, 0.29) is 18.5 Å². The molecule has 1 N–H and O–H groups in total. The second kappa shape index (κ2) is 8.06. The number of esters is 1. The first-order valence-electron chi connectivity index (χ1n) is 10.4. The Morgan fingerprint density at radius 2 is 1.57 bits per heavy atom. The topological polar surface area (TPSA) is 49.8 Å². The van der Waals surface area contributed by atoms with E-state index in [1.165, 1.54) is 0 Å². The molecule has 0 spiro atoms. The molecule has 2 aromatic rings. The van der Waals surface area contributed by atoms with E-state index in [0.717, 1.165) is 32.4 Å². The van der Waals surface area contributed by atoms with E-state index in [0.29, 0.717) is 23.1 Å². The number of carbonyl (C=O) groups excluding carboxylic acids is 1. The largest absolute Gasteiger partial charge is 0.460 e. The maximum Gasteiger partial charge on any atom is 0.309 e. The van der Waals surface area contributed by atoms with Gasteiger partial charge in [-0.05, 0) is 49.4 Å². The molecule has 0 unspecified atom stereocenters. The lowest BCUT2D eigenvalue weighted by Gasteiger charge is -2.50. The number of hydrogen-bond donors (Lipinski definition) is 1. The van der Waals surface area contributed by atoms with Crippen molar-refractivity contribution in [3.8, 4) is 0 Å². The van der Waals surface area contributed by atoms with Crippen LogP contribution >= 0.6 is 0 Å². The minimum atomic E-state index is -1.39. The van der Waals surface area contributed by atoms with Crippen LogP contribution in [0.4, 0.5) is 0 Å². The third kappa shape index (κ3) is 3.59. The van der Waals surface area contributed by atoms with Crippen molar-refractivity contribution in [1.29, 1.82) is 0 Å². The Bertz CT molecular complexity index is 745. The lowest BCUT2D eigenvalue weighted by molar-refractivity contribution is -0.170. The van der Waals surface area contributed by atoms with Crippen molar-refractivity contribution in [2.24, 2.45) is 5.92 Å². The fraction of sp³-hybridized carbons (Fsp3) is 0.458. The monoisotopic (exact) mass is 379 g/mol. The highest BCUT2D eigenvalue weighted by atomic mass is 16.5. The van der Waals surface area contributed by atoms with Gasteiger partial charge in [-0.2, -0.15) is 0 Å². The van der Waals surface area contributed by atoms with Crippen LogP contribution in [0, 0.1) is 5.92 Å². The number of fused-ring (bicyclic) bond motifs is 3. The SMILES string of the molecule is CC[C@@H]1[C@@H](OC(=O)CC(O)(c2ccccc2)c2ccccc2)C2CCN1CC2. The number of rotatable bonds is 6. The van der Waals surface area contributed by atoms with Crippen molar-refractivity contribution < 1.29 is 14.6 Å². The van der Waals surface area contributed by atoms with Gasteiger partial charge in [0.15, 0.2) is 0 Å². The molecule has 4 nitrogen and oxygen atoms in total. The molecule has 3 heterocycles. The number of ether oxygens (including phenoxy) is 1. The second-order valence-electron chi connectivity index (χ2n) is 8.07. The first-order chi connectivity index (χ1) is 13.6. The zero-order valence-corrected chi connectivity index (χ0v) is 16.5. The molecular formula is C24H29NO3. The van der Waals surface area contributed by atoms with Gasteiger partial charge in [-0.3, -0.25) is 9.69 Å². The molecular weight excluding hydrogens is 350 g/mol. The summed E-state index contributed by atoms with van der Waals surface area (Å²) in [5, 5.41) is 11.6. The predicted molar refractivity (Wildman–Crippen MR) is 109 cm³/mol. The number of benzene rings is 2. The molecule has 0 aromatic heterocycles. The Kier molecular flexibility index (Phi) is 5.51. The fourth-order valence-corrected chi connectivity index (χ4v) is 4.97. The summed E-state index contributed by atoms with van der Waals surface area (Å²) in [4.78, 5) is 15.5. The Balaban J connectivity index is 1.56. The molecule has 3 saturated heterocycles. The van der Waals surface area contributed by atoms with Crippen LogP contribution in [0.25, 0.3) is 0 Å². The number of nitrogens with zero attached hydrogens (tertiary/aromatic N) is 1. The third-order valence-electron chi connectivity index (χ3n) is 6.48. The molecule has 148 valence electrons. The van der Waals surface area contributed by atoms with E-state index >= 15 is 0 Å². The molecule has 0 aliphatic carbocycles. The van der Waals surface area contributed by atoms with Crippen LogP contribution in [0.15, 0.2) is 60.7 Å². The first kappa shape index (κ1) is 19.2. The van der Waals surface area contributed by atoms with E-state index in [9.17, 15) is 9.90 Å². The van der Waals surface area contributed by atoms with Crippen LogP contribution in [0.3, 0.4) is 0 Å². The lowest BCUT2D eigenvalue weighted by Crippen LogP contribution is -2.58. The van der Waals surface area contributed by atoms with E-state index < -0.39 is 5.60 Å². The van der Waals surface area contributed by atoms with Crippen molar-refractivity contribution in [2.45, 2.75) is 50.4 Å². The highest BCUT2D eigenvalue weighted by molar-refractivity contribution is 5.72. The van der Waals surface area contributed by atoms with Gasteiger partial charge in [-0.15, -0.1) is 0 Å². The Morgan fingerprint density at radius 1 is 1.04 bits per heavy atom. The van der Waals surface area contributed by atoms with Gasteiger partial charge < -0.3 is 9.84 Å². The van der Waals surface area contributed by atoms with Crippen molar-refractivity contribution in [3.63, 3.8) is 0 Å². The summed E-state index contributed by atoms with van der Waals surface area (Å²) in [6.07, 6.45) is 3.03. The van der Waals surface area contributed by atoms with Crippen LogP contribution in [0.5, 0.6) is 0 Å². The zero-order chi connectivity index (χ0) is 19.6. The van der Waals surface area contributed by atoms with Crippen molar-refractivity contribution in [3.05, 3.63) is 71.8 Å². The molecule has 3 fully saturated rings. The van der Waals surface area contributed by atoms with Gasteiger partial charge in [0.2, 0.25) is 0 Å². The summed E-state index contributed by atoms with van der Waals surface area (Å²) in [6, 6.07) is 19.1. The molecule has 4 heteroatoms. The van der Waals surface area contributed by atoms with Gasteiger partial charge in [-0.25, -0.2) is 0 Å².